The summed E-state index contributed by atoms with van der Waals surface area (Å²) < 4.78 is 0.519. The van der Waals surface area contributed by atoms with Crippen molar-refractivity contribution in [1.82, 2.24) is 0 Å². The standard InChI is InChI=1S/C28H19.2ClH.Zr/c1-2-9-19(10-3-1)26-18-28(24-14-7-6-13-23(24)26)25-16-8-15-22-21-12-5-4-11-20(21)17-27(22)25;;;/h1-18,28H;2*1H;/q;;;+2/p-2. The molecule has 0 spiro atoms. The molecule has 0 fully saturated rings. The molecule has 3 heteroatoms. The van der Waals surface area contributed by atoms with Gasteiger partial charge in [-0.15, -0.1) is 0 Å². The molecule has 2 aliphatic carbocycles. The number of allylic oxidation sites excluding steroid dienone is 1. The van der Waals surface area contributed by atoms with Crippen LogP contribution in [0, 0.1) is 0 Å². The summed E-state index contributed by atoms with van der Waals surface area (Å²) in [4.78, 5) is 0. The van der Waals surface area contributed by atoms with E-state index in [1.165, 1.54) is 50.1 Å². The SMILES string of the molecule is [Cl-].[Cl-].[Zr+2][CH]1c2ccccc2-c2cccc(C3C=C(c4ccccc4)c4ccccc43)c21. The summed E-state index contributed by atoms with van der Waals surface area (Å²) in [5.74, 6) is 0.314. The Morgan fingerprint density at radius 2 is 1.10 bits per heavy atom. The van der Waals surface area contributed by atoms with Crippen LogP contribution < -0.4 is 24.8 Å². The molecule has 0 N–H and O–H groups in total. The van der Waals surface area contributed by atoms with Gasteiger partial charge in [0.1, 0.15) is 0 Å². The van der Waals surface area contributed by atoms with E-state index in [0.717, 1.165) is 0 Å². The van der Waals surface area contributed by atoms with Gasteiger partial charge in [0.2, 0.25) is 0 Å². The van der Waals surface area contributed by atoms with Crippen molar-refractivity contribution in [3.05, 3.63) is 137 Å². The topological polar surface area (TPSA) is 0 Å². The van der Waals surface area contributed by atoms with E-state index in [1.807, 2.05) is 0 Å². The fourth-order valence-electron chi connectivity index (χ4n) is 5.05. The van der Waals surface area contributed by atoms with Gasteiger partial charge in [0.05, 0.1) is 0 Å². The minimum atomic E-state index is 0. The van der Waals surface area contributed by atoms with Gasteiger partial charge in [0.15, 0.2) is 0 Å². The third-order valence-corrected chi connectivity index (χ3v) is 7.80. The van der Waals surface area contributed by atoms with Gasteiger partial charge in [0, 0.05) is 0 Å². The molecule has 2 unspecified atom stereocenters. The maximum absolute atomic E-state index is 2.49. The number of fused-ring (bicyclic) bond motifs is 4. The normalized spacial score (nSPS) is 17.5. The Hall–Kier alpha value is -1.92. The van der Waals surface area contributed by atoms with Gasteiger partial charge >= 0.3 is 187 Å². The Bertz CT molecular complexity index is 1280. The third kappa shape index (κ3) is 3.48. The van der Waals surface area contributed by atoms with Crippen molar-refractivity contribution in [3.63, 3.8) is 0 Å². The van der Waals surface area contributed by atoms with Crippen LogP contribution in [-0.4, -0.2) is 0 Å². The maximum atomic E-state index is 2.49. The Morgan fingerprint density at radius 3 is 1.87 bits per heavy atom. The Labute approximate surface area is 211 Å². The number of benzene rings is 4. The van der Waals surface area contributed by atoms with Gasteiger partial charge in [-0.25, -0.2) is 0 Å². The molecule has 0 heterocycles. The second-order valence-electron chi connectivity index (χ2n) is 7.84. The summed E-state index contributed by atoms with van der Waals surface area (Å²) in [5, 5.41) is 0. The molecule has 0 aliphatic heterocycles. The van der Waals surface area contributed by atoms with Gasteiger partial charge in [-0.1, -0.05) is 0 Å². The van der Waals surface area contributed by atoms with Crippen LogP contribution in [0.4, 0.5) is 0 Å². The minimum absolute atomic E-state index is 0. The Morgan fingerprint density at radius 1 is 0.516 bits per heavy atom. The van der Waals surface area contributed by atoms with Crippen molar-refractivity contribution in [2.24, 2.45) is 0 Å². The van der Waals surface area contributed by atoms with Gasteiger partial charge < -0.3 is 24.8 Å². The molecular weight excluding hydrogens is 498 g/mol. The monoisotopic (exact) mass is 515 g/mol. The number of rotatable bonds is 2. The van der Waals surface area contributed by atoms with Crippen LogP contribution in [-0.2, 0) is 24.7 Å². The van der Waals surface area contributed by atoms with E-state index in [2.05, 4.69) is 103 Å². The molecule has 0 radical (unpaired) electrons. The second kappa shape index (κ2) is 8.91. The van der Waals surface area contributed by atoms with Gasteiger partial charge in [-0.2, -0.15) is 0 Å². The molecule has 0 amide bonds. The average molecular weight is 518 g/mol. The molecule has 2 aliphatic rings. The summed E-state index contributed by atoms with van der Waals surface area (Å²) in [6.45, 7) is 0. The molecule has 2 atom stereocenters. The molecule has 4 aromatic carbocycles. The molecule has 0 aromatic heterocycles. The van der Waals surface area contributed by atoms with Crippen LogP contribution in [0.1, 0.15) is 42.9 Å². The first-order chi connectivity index (χ1) is 14.3. The van der Waals surface area contributed by atoms with E-state index < -0.39 is 0 Å². The van der Waals surface area contributed by atoms with Crippen LogP contribution in [0.5, 0.6) is 0 Å². The average Bonchev–Trinajstić information content (AvgIpc) is 3.31. The number of hydrogen-bond acceptors (Lipinski definition) is 0. The zero-order valence-electron chi connectivity index (χ0n) is 16.7. The summed E-state index contributed by atoms with van der Waals surface area (Å²) in [6, 6.07) is 35.6. The van der Waals surface area contributed by atoms with Crippen LogP contribution in [0.3, 0.4) is 0 Å². The quantitative estimate of drug-likeness (QED) is 0.371. The molecule has 31 heavy (non-hydrogen) atoms. The predicted octanol–water partition coefficient (Wildman–Crippen LogP) is 0.888. The molecule has 4 aromatic rings. The molecule has 0 saturated carbocycles. The van der Waals surface area contributed by atoms with Gasteiger partial charge in [-0.3, -0.25) is 0 Å². The summed E-state index contributed by atoms with van der Waals surface area (Å²) in [6.07, 6.45) is 2.49. The van der Waals surface area contributed by atoms with Crippen LogP contribution in [0.15, 0.2) is 103 Å². The molecule has 0 saturated heterocycles. The molecular formula is C28H19Cl2Zr. The second-order valence-corrected chi connectivity index (χ2v) is 9.26. The third-order valence-electron chi connectivity index (χ3n) is 6.33. The van der Waals surface area contributed by atoms with E-state index >= 15 is 0 Å². The molecule has 6 rings (SSSR count). The summed E-state index contributed by atoms with van der Waals surface area (Å²) in [5.41, 5.74) is 12.8. The number of hydrogen-bond donors (Lipinski definition) is 0. The number of halogens is 2. The summed E-state index contributed by atoms with van der Waals surface area (Å²) in [7, 11) is 0. The van der Waals surface area contributed by atoms with E-state index in [0.29, 0.717) is 9.54 Å². The van der Waals surface area contributed by atoms with Crippen molar-refractivity contribution in [2.45, 2.75) is 9.54 Å². The van der Waals surface area contributed by atoms with Crippen molar-refractivity contribution in [2.75, 3.05) is 0 Å². The van der Waals surface area contributed by atoms with Crippen LogP contribution in [0.25, 0.3) is 16.7 Å². The van der Waals surface area contributed by atoms with E-state index in [9.17, 15) is 0 Å². The predicted molar refractivity (Wildman–Crippen MR) is 116 cm³/mol. The Kier molecular flexibility index (Phi) is 6.40. The first-order valence-corrected chi connectivity index (χ1v) is 11.5. The van der Waals surface area contributed by atoms with E-state index in [4.69, 9.17) is 0 Å². The first kappa shape index (κ1) is 22.3. The van der Waals surface area contributed by atoms with Gasteiger partial charge in [-0.05, 0) is 0 Å². The van der Waals surface area contributed by atoms with Crippen LogP contribution in [0.2, 0.25) is 0 Å². The van der Waals surface area contributed by atoms with Crippen molar-refractivity contribution >= 4 is 5.57 Å². The van der Waals surface area contributed by atoms with Crippen LogP contribution >= 0.6 is 0 Å². The fraction of sp³-hybridized carbons (Fsp3) is 0.0714. The zero-order valence-corrected chi connectivity index (χ0v) is 20.7. The fourth-order valence-corrected chi connectivity index (χ4v) is 6.46. The first-order valence-electron chi connectivity index (χ1n) is 10.1. The van der Waals surface area contributed by atoms with Crippen molar-refractivity contribution in [3.8, 4) is 11.1 Å². The Balaban J connectivity index is 0.00000116. The summed E-state index contributed by atoms with van der Waals surface area (Å²) >= 11 is 1.56. The molecule has 149 valence electrons. The van der Waals surface area contributed by atoms with E-state index in [-0.39, 0.29) is 24.8 Å². The van der Waals surface area contributed by atoms with Gasteiger partial charge in [0.25, 0.3) is 0 Å². The molecule has 0 bridgehead atoms. The van der Waals surface area contributed by atoms with Crippen molar-refractivity contribution < 1.29 is 49.5 Å². The van der Waals surface area contributed by atoms with E-state index in [1.54, 1.807) is 24.7 Å². The van der Waals surface area contributed by atoms with Crippen molar-refractivity contribution in [1.29, 1.82) is 0 Å². The molecule has 0 nitrogen and oxygen atoms in total. The zero-order chi connectivity index (χ0) is 19.4.